The van der Waals surface area contributed by atoms with Gasteiger partial charge in [0.15, 0.2) is 0 Å². The molecule has 18 heavy (non-hydrogen) atoms. The van der Waals surface area contributed by atoms with Gasteiger partial charge in [0.25, 0.3) is 5.19 Å². The third kappa shape index (κ3) is 1.97. The van der Waals surface area contributed by atoms with Crippen molar-refractivity contribution in [3.05, 3.63) is 29.1 Å². The first-order chi connectivity index (χ1) is 8.76. The van der Waals surface area contributed by atoms with E-state index < -0.39 is 0 Å². The smallest absolute Gasteiger partial charge is 0.273 e. The third-order valence-corrected chi connectivity index (χ3v) is 3.75. The lowest BCUT2D eigenvalue weighted by Gasteiger charge is -2.17. The molecule has 0 unspecified atom stereocenters. The van der Waals surface area contributed by atoms with Crippen LogP contribution >= 0.6 is 11.3 Å². The number of methoxy groups -OCH3 is 1. The first kappa shape index (κ1) is 11.2. The van der Waals surface area contributed by atoms with E-state index in [-0.39, 0.29) is 5.91 Å². The Morgan fingerprint density at radius 2 is 2.28 bits per heavy atom. The molecule has 1 aromatic heterocycles. The van der Waals surface area contributed by atoms with Gasteiger partial charge in [0, 0.05) is 23.1 Å². The zero-order valence-corrected chi connectivity index (χ0v) is 10.7. The van der Waals surface area contributed by atoms with Crippen LogP contribution in [0.15, 0.2) is 23.6 Å². The second-order valence-electron chi connectivity index (χ2n) is 4.12. The summed E-state index contributed by atoms with van der Waals surface area (Å²) in [5, 5.41) is 5.51. The lowest BCUT2D eigenvalue weighted by molar-refractivity contribution is -0.116. The van der Waals surface area contributed by atoms with Gasteiger partial charge in [-0.05, 0) is 24.1 Å². The molecule has 0 aliphatic carbocycles. The number of amides is 1. The molecule has 0 fully saturated rings. The van der Waals surface area contributed by atoms with Crippen LogP contribution in [0.2, 0.25) is 0 Å². The van der Waals surface area contributed by atoms with Gasteiger partial charge in [0.2, 0.25) is 5.91 Å². The van der Waals surface area contributed by atoms with Crippen molar-refractivity contribution in [2.45, 2.75) is 12.8 Å². The first-order valence-corrected chi connectivity index (χ1v) is 6.57. The molecule has 1 amide bonds. The summed E-state index contributed by atoms with van der Waals surface area (Å²) in [5.41, 5.74) is 4.05. The number of ether oxygens (including phenoxy) is 1. The highest BCUT2D eigenvalue weighted by atomic mass is 32.1. The number of fused-ring (bicyclic) bond motifs is 1. The van der Waals surface area contributed by atoms with Crippen LogP contribution in [-0.4, -0.2) is 18.0 Å². The predicted octanol–water partition coefficient (Wildman–Crippen LogP) is 2.70. The lowest BCUT2D eigenvalue weighted by atomic mass is 9.99. The molecule has 5 heteroatoms. The Balaban J connectivity index is 1.97. The number of anilines is 1. The molecule has 0 atom stereocenters. The Morgan fingerprint density at radius 3 is 3.06 bits per heavy atom. The number of nitrogens with zero attached hydrogens (tertiary/aromatic N) is 1. The summed E-state index contributed by atoms with van der Waals surface area (Å²) in [6, 6.07) is 6.00. The molecule has 4 nitrogen and oxygen atoms in total. The number of hydrogen-bond donors (Lipinski definition) is 1. The van der Waals surface area contributed by atoms with E-state index in [1.807, 2.05) is 17.5 Å². The molecule has 1 aliphatic rings. The monoisotopic (exact) mass is 260 g/mol. The lowest BCUT2D eigenvalue weighted by Crippen LogP contribution is -2.18. The zero-order valence-electron chi connectivity index (χ0n) is 9.90. The molecule has 0 bridgehead atoms. The molecule has 2 aromatic rings. The number of aryl methyl sites for hydroxylation is 1. The summed E-state index contributed by atoms with van der Waals surface area (Å²) >= 11 is 1.48. The summed E-state index contributed by atoms with van der Waals surface area (Å²) in [7, 11) is 1.62. The highest BCUT2D eigenvalue weighted by molar-refractivity contribution is 7.11. The fraction of sp³-hybridized carbons (Fsp3) is 0.231. The highest BCUT2D eigenvalue weighted by Crippen LogP contribution is 2.30. The largest absolute Gasteiger partial charge is 0.473 e. The number of aromatic nitrogens is 1. The molecule has 0 spiro atoms. The van der Waals surface area contributed by atoms with Crippen LogP contribution in [0, 0.1) is 0 Å². The second kappa shape index (κ2) is 4.42. The summed E-state index contributed by atoms with van der Waals surface area (Å²) in [4.78, 5) is 15.7. The maximum absolute atomic E-state index is 11.3. The molecule has 3 rings (SSSR count). The van der Waals surface area contributed by atoms with Crippen molar-refractivity contribution in [1.29, 1.82) is 0 Å². The number of thiazole rings is 1. The standard InChI is InChI=1S/C13H12N2O2S/c1-17-13-15-11(7-18-13)9-2-4-10-8(6-9)3-5-12(16)14-10/h2,4,6-7H,3,5H2,1H3,(H,14,16). The van der Waals surface area contributed by atoms with Crippen LogP contribution in [0.4, 0.5) is 5.69 Å². The molecular weight excluding hydrogens is 248 g/mol. The van der Waals surface area contributed by atoms with Crippen molar-refractivity contribution in [3.8, 4) is 16.5 Å². The molecule has 0 radical (unpaired) electrons. The van der Waals surface area contributed by atoms with Gasteiger partial charge in [-0.3, -0.25) is 4.79 Å². The van der Waals surface area contributed by atoms with E-state index in [0.717, 1.165) is 23.4 Å². The van der Waals surface area contributed by atoms with Crippen molar-refractivity contribution >= 4 is 22.9 Å². The van der Waals surface area contributed by atoms with Crippen LogP contribution in [0.25, 0.3) is 11.3 Å². The zero-order chi connectivity index (χ0) is 12.5. The van der Waals surface area contributed by atoms with Crippen molar-refractivity contribution < 1.29 is 9.53 Å². The Kier molecular flexibility index (Phi) is 2.76. The van der Waals surface area contributed by atoms with Gasteiger partial charge >= 0.3 is 0 Å². The van der Waals surface area contributed by atoms with Crippen LogP contribution in [0.3, 0.4) is 0 Å². The van der Waals surface area contributed by atoms with Crippen LogP contribution in [-0.2, 0) is 11.2 Å². The number of carbonyl (C=O) groups excluding carboxylic acids is 1. The Morgan fingerprint density at radius 1 is 1.39 bits per heavy atom. The predicted molar refractivity (Wildman–Crippen MR) is 71.1 cm³/mol. The molecule has 2 heterocycles. The van der Waals surface area contributed by atoms with Gasteiger partial charge in [-0.2, -0.15) is 0 Å². The van der Waals surface area contributed by atoms with Gasteiger partial charge in [-0.15, -0.1) is 0 Å². The fourth-order valence-electron chi connectivity index (χ4n) is 2.03. The molecule has 0 saturated heterocycles. The summed E-state index contributed by atoms with van der Waals surface area (Å²) in [5.74, 6) is 0.0885. The SMILES string of the molecule is COc1nc(-c2ccc3c(c2)CCC(=O)N3)cs1. The first-order valence-electron chi connectivity index (χ1n) is 5.69. The molecule has 1 N–H and O–H groups in total. The molecular formula is C13H12N2O2S. The van der Waals surface area contributed by atoms with E-state index >= 15 is 0 Å². The maximum Gasteiger partial charge on any atom is 0.273 e. The van der Waals surface area contributed by atoms with Gasteiger partial charge in [-0.1, -0.05) is 17.4 Å². The molecule has 1 aromatic carbocycles. The van der Waals surface area contributed by atoms with Crippen LogP contribution in [0.1, 0.15) is 12.0 Å². The summed E-state index contributed by atoms with van der Waals surface area (Å²) in [6.45, 7) is 0. The minimum absolute atomic E-state index is 0.0885. The van der Waals surface area contributed by atoms with E-state index in [1.54, 1.807) is 7.11 Å². The van der Waals surface area contributed by atoms with Crippen molar-refractivity contribution in [2.24, 2.45) is 0 Å². The van der Waals surface area contributed by atoms with E-state index in [0.29, 0.717) is 11.6 Å². The maximum atomic E-state index is 11.3. The average molecular weight is 260 g/mol. The Labute approximate surface area is 109 Å². The highest BCUT2D eigenvalue weighted by Gasteiger charge is 2.15. The van der Waals surface area contributed by atoms with Crippen molar-refractivity contribution in [2.75, 3.05) is 12.4 Å². The molecule has 1 aliphatic heterocycles. The number of nitrogens with one attached hydrogen (secondary N) is 1. The molecule has 92 valence electrons. The summed E-state index contributed by atoms with van der Waals surface area (Å²) in [6.07, 6.45) is 1.34. The third-order valence-electron chi connectivity index (χ3n) is 2.95. The van der Waals surface area contributed by atoms with E-state index in [4.69, 9.17) is 4.74 Å². The fourth-order valence-corrected chi connectivity index (χ4v) is 2.67. The van der Waals surface area contributed by atoms with Crippen molar-refractivity contribution in [3.63, 3.8) is 0 Å². The minimum Gasteiger partial charge on any atom is -0.473 e. The Hall–Kier alpha value is -1.88. The van der Waals surface area contributed by atoms with Crippen LogP contribution in [0.5, 0.6) is 5.19 Å². The average Bonchev–Trinajstić information content (AvgIpc) is 2.87. The number of benzene rings is 1. The normalized spacial score (nSPS) is 13.9. The van der Waals surface area contributed by atoms with Gasteiger partial charge in [-0.25, -0.2) is 4.98 Å². The minimum atomic E-state index is 0.0885. The van der Waals surface area contributed by atoms with Gasteiger partial charge < -0.3 is 10.1 Å². The van der Waals surface area contributed by atoms with E-state index in [9.17, 15) is 4.79 Å². The second-order valence-corrected chi connectivity index (χ2v) is 4.94. The Bertz CT molecular complexity index is 607. The van der Waals surface area contributed by atoms with Crippen LogP contribution < -0.4 is 10.1 Å². The number of carbonyl (C=O) groups is 1. The van der Waals surface area contributed by atoms with Crippen molar-refractivity contribution in [1.82, 2.24) is 4.98 Å². The van der Waals surface area contributed by atoms with E-state index in [1.165, 1.54) is 16.9 Å². The van der Waals surface area contributed by atoms with E-state index in [2.05, 4.69) is 16.4 Å². The summed E-state index contributed by atoms with van der Waals surface area (Å²) < 4.78 is 5.09. The number of hydrogen-bond acceptors (Lipinski definition) is 4. The molecule has 0 saturated carbocycles. The quantitative estimate of drug-likeness (QED) is 0.903. The van der Waals surface area contributed by atoms with Gasteiger partial charge in [0.1, 0.15) is 0 Å². The van der Waals surface area contributed by atoms with Gasteiger partial charge in [0.05, 0.1) is 12.8 Å². The topological polar surface area (TPSA) is 51.2 Å². The number of rotatable bonds is 2.